The number of rotatable bonds is 6. The molecule has 1 heterocycles. The highest BCUT2D eigenvalue weighted by atomic mass is 15.0. The maximum Gasteiger partial charge on any atom is 0.156 e. The molecule has 3 heteroatoms. The Hall–Kier alpha value is -6.58. The lowest BCUT2D eigenvalue weighted by Crippen LogP contribution is -2.04. The van der Waals surface area contributed by atoms with Crippen LogP contribution in [0.25, 0.3) is 60.2 Å². The molecule has 0 atom stereocenters. The molecule has 0 unspecified atom stereocenters. The summed E-state index contributed by atoms with van der Waals surface area (Å²) < 4.78 is 2.41. The fourth-order valence-corrected chi connectivity index (χ4v) is 7.15. The van der Waals surface area contributed by atoms with Gasteiger partial charge in [0, 0.05) is 33.6 Å². The number of aliphatic imine (C=N–C) groups is 2. The molecule has 1 aromatic heterocycles. The minimum absolute atomic E-state index is 0.533. The molecule has 9 aromatic rings. The van der Waals surface area contributed by atoms with Crippen LogP contribution in [0.2, 0.25) is 0 Å². The smallest absolute Gasteiger partial charge is 0.156 e. The van der Waals surface area contributed by atoms with Gasteiger partial charge in [0.1, 0.15) is 0 Å². The first-order valence-corrected chi connectivity index (χ1v) is 17.0. The molecule has 3 nitrogen and oxygen atoms in total. The highest BCUT2D eigenvalue weighted by Gasteiger charge is 2.17. The molecule has 0 bridgehead atoms. The molecule has 0 radical (unpaired) electrons. The van der Waals surface area contributed by atoms with E-state index in [1.54, 1.807) is 0 Å². The quantitative estimate of drug-likeness (QED) is 0.128. The summed E-state index contributed by atoms with van der Waals surface area (Å²) in [6, 6.07) is 64.4. The molecular formula is C47H33N3. The lowest BCUT2D eigenvalue weighted by atomic mass is 9.93. The average molecular weight is 640 g/mol. The lowest BCUT2D eigenvalue weighted by molar-refractivity contribution is 1.06. The van der Waals surface area contributed by atoms with Gasteiger partial charge in [-0.25, -0.2) is 4.99 Å². The van der Waals surface area contributed by atoms with E-state index < -0.39 is 0 Å². The van der Waals surface area contributed by atoms with Crippen LogP contribution in [0.3, 0.4) is 0 Å². The Bertz CT molecular complexity index is 2700. The van der Waals surface area contributed by atoms with Gasteiger partial charge in [0.25, 0.3) is 0 Å². The first-order chi connectivity index (χ1) is 24.8. The van der Waals surface area contributed by atoms with E-state index in [-0.39, 0.29) is 0 Å². The molecular weight excluding hydrogens is 607 g/mol. The van der Waals surface area contributed by atoms with Crippen LogP contribution in [0.4, 0.5) is 0 Å². The Labute approximate surface area is 291 Å². The molecule has 0 spiro atoms. The van der Waals surface area contributed by atoms with Crippen molar-refractivity contribution in [1.82, 2.24) is 4.57 Å². The maximum absolute atomic E-state index is 5.19. The first-order valence-electron chi connectivity index (χ1n) is 17.0. The number of amidine groups is 1. The zero-order valence-electron chi connectivity index (χ0n) is 27.4. The Morgan fingerprint density at radius 3 is 1.90 bits per heavy atom. The van der Waals surface area contributed by atoms with Crippen LogP contribution >= 0.6 is 0 Å². The predicted octanol–water partition coefficient (Wildman–Crippen LogP) is 11.8. The normalized spacial score (nSPS) is 12.1. The van der Waals surface area contributed by atoms with Crippen molar-refractivity contribution in [3.05, 3.63) is 199 Å². The lowest BCUT2D eigenvalue weighted by Gasteiger charge is -2.15. The molecule has 0 aliphatic heterocycles. The van der Waals surface area contributed by atoms with Gasteiger partial charge < -0.3 is 4.57 Å². The molecule has 0 aliphatic rings. The van der Waals surface area contributed by atoms with Gasteiger partial charge in [-0.1, -0.05) is 164 Å². The van der Waals surface area contributed by atoms with Crippen molar-refractivity contribution in [1.29, 1.82) is 0 Å². The number of aromatic nitrogens is 1. The number of para-hydroxylation sites is 1. The summed E-state index contributed by atoms with van der Waals surface area (Å²) in [6.07, 6.45) is 1.92. The van der Waals surface area contributed by atoms with Gasteiger partial charge in [-0.15, -0.1) is 0 Å². The summed E-state index contributed by atoms with van der Waals surface area (Å²) in [7, 11) is 0. The number of hydrogen-bond donors (Lipinski definition) is 0. The van der Waals surface area contributed by atoms with Gasteiger partial charge >= 0.3 is 0 Å². The fourth-order valence-electron chi connectivity index (χ4n) is 7.15. The summed E-state index contributed by atoms with van der Waals surface area (Å²) in [5.41, 5.74) is 8.97. The van der Waals surface area contributed by atoms with Gasteiger partial charge in [-0.05, 0) is 56.6 Å². The minimum atomic E-state index is 0.533. The van der Waals surface area contributed by atoms with Crippen LogP contribution in [0.1, 0.15) is 16.7 Å². The summed E-state index contributed by atoms with van der Waals surface area (Å²) >= 11 is 0. The molecule has 0 saturated carbocycles. The predicted molar refractivity (Wildman–Crippen MR) is 212 cm³/mol. The van der Waals surface area contributed by atoms with Crippen molar-refractivity contribution in [2.24, 2.45) is 9.98 Å². The van der Waals surface area contributed by atoms with Crippen LogP contribution in [0, 0.1) is 0 Å². The molecule has 8 aromatic carbocycles. The van der Waals surface area contributed by atoms with Gasteiger partial charge in [-0.3, -0.25) is 4.99 Å². The van der Waals surface area contributed by atoms with Crippen molar-refractivity contribution in [2.45, 2.75) is 6.54 Å². The monoisotopic (exact) mass is 639 g/mol. The average Bonchev–Trinajstić information content (AvgIpc) is 3.53. The number of hydrogen-bond acceptors (Lipinski definition) is 1. The van der Waals surface area contributed by atoms with Crippen LogP contribution < -0.4 is 0 Å². The Morgan fingerprint density at radius 2 is 1.12 bits per heavy atom. The Kier molecular flexibility index (Phi) is 7.56. The maximum atomic E-state index is 5.19. The molecule has 236 valence electrons. The Balaban J connectivity index is 1.22. The second-order valence-corrected chi connectivity index (χ2v) is 12.6. The van der Waals surface area contributed by atoms with Crippen LogP contribution in [0.15, 0.2) is 192 Å². The van der Waals surface area contributed by atoms with E-state index in [1.807, 2.05) is 30.5 Å². The standard InChI is InChI=1S/C47H33N3/c1-3-13-33(14-4-1)31-48-47(49-32-34-15-5-2-6-16-34)45-39-19-9-7-17-35(39)25-29-40(45)37-23-27-38(28-24-37)50-44-22-12-11-21-42(44)43-30-26-36-18-8-10-20-41(36)46(43)50/h1-31H,32H2/b48-31+,49-47-. The van der Waals surface area contributed by atoms with Gasteiger partial charge in [-0.2, -0.15) is 0 Å². The third-order valence-corrected chi connectivity index (χ3v) is 9.54. The van der Waals surface area contributed by atoms with Crippen LogP contribution in [0.5, 0.6) is 0 Å². The van der Waals surface area contributed by atoms with Gasteiger partial charge in [0.2, 0.25) is 0 Å². The number of fused-ring (bicyclic) bond motifs is 6. The molecule has 0 aliphatic carbocycles. The van der Waals surface area contributed by atoms with Crippen molar-refractivity contribution >= 4 is 55.4 Å². The van der Waals surface area contributed by atoms with Gasteiger partial charge in [0.05, 0.1) is 17.6 Å². The fraction of sp³-hybridized carbons (Fsp3) is 0.0213. The second-order valence-electron chi connectivity index (χ2n) is 12.6. The number of benzene rings is 8. The molecule has 50 heavy (non-hydrogen) atoms. The molecule has 9 rings (SSSR count). The summed E-state index contributed by atoms with van der Waals surface area (Å²) in [5.74, 6) is 0.711. The molecule has 0 fully saturated rings. The van der Waals surface area contributed by atoms with E-state index in [4.69, 9.17) is 9.98 Å². The first kappa shape index (κ1) is 29.6. The van der Waals surface area contributed by atoms with Gasteiger partial charge in [0.15, 0.2) is 5.84 Å². The molecule has 0 amide bonds. The highest BCUT2D eigenvalue weighted by molar-refractivity contribution is 6.19. The summed E-state index contributed by atoms with van der Waals surface area (Å²) in [6.45, 7) is 0.533. The SMILES string of the molecule is C(=N\C(=N/Cc1ccccc1)c1c(-c2ccc(-n3c4ccccc4c4ccc5ccccc5c43)cc2)ccc2ccccc12)/c1ccccc1. The number of nitrogens with zero attached hydrogens (tertiary/aromatic N) is 3. The topological polar surface area (TPSA) is 29.6 Å². The third-order valence-electron chi connectivity index (χ3n) is 9.54. The van der Waals surface area contributed by atoms with Crippen molar-refractivity contribution in [2.75, 3.05) is 0 Å². The third kappa shape index (κ3) is 5.35. The van der Waals surface area contributed by atoms with Crippen molar-refractivity contribution < 1.29 is 0 Å². The van der Waals surface area contributed by atoms with Crippen LogP contribution in [-0.2, 0) is 6.54 Å². The molecule has 0 saturated heterocycles. The largest absolute Gasteiger partial charge is 0.309 e. The van der Waals surface area contributed by atoms with Crippen LogP contribution in [-0.4, -0.2) is 16.6 Å². The molecule has 0 N–H and O–H groups in total. The second kappa shape index (κ2) is 12.8. The van der Waals surface area contributed by atoms with E-state index in [1.165, 1.54) is 32.6 Å². The zero-order valence-corrected chi connectivity index (χ0v) is 27.4. The van der Waals surface area contributed by atoms with E-state index in [9.17, 15) is 0 Å². The van der Waals surface area contributed by atoms with E-state index in [0.29, 0.717) is 12.4 Å². The summed E-state index contributed by atoms with van der Waals surface area (Å²) in [4.78, 5) is 10.3. The summed E-state index contributed by atoms with van der Waals surface area (Å²) in [5, 5.41) is 7.28. The highest BCUT2D eigenvalue weighted by Crippen LogP contribution is 2.38. The zero-order chi connectivity index (χ0) is 33.3. The van der Waals surface area contributed by atoms with E-state index in [2.05, 4.69) is 162 Å². The Morgan fingerprint density at radius 1 is 0.500 bits per heavy atom. The van der Waals surface area contributed by atoms with E-state index in [0.717, 1.165) is 44.3 Å². The van der Waals surface area contributed by atoms with Crippen molar-refractivity contribution in [3.63, 3.8) is 0 Å². The minimum Gasteiger partial charge on any atom is -0.309 e. The van der Waals surface area contributed by atoms with E-state index >= 15 is 0 Å². The van der Waals surface area contributed by atoms with Crippen molar-refractivity contribution in [3.8, 4) is 16.8 Å².